The normalized spacial score (nSPS) is 13.1. The van der Waals surface area contributed by atoms with Gasteiger partial charge in [0.2, 0.25) is 7.65 Å². The standard InChI is InChI=1S/C37H54N3O6PS2.C28H37NO5S2.C16H25NO3S2.C9H18ClN2OP.C2H7NS/c1-6-31(46-47(45-23-13-20-38)40(28(2)3)29(4)5)26-43-22-12-11-14-30(41)19-24-48-49-25-21-39-37(42)44-27-36-34-17-9-7-15-32(34)33-16-8-10-18-35(33)36;1-2-21(30)19-33-16-8-7-9-22(31)14-17-35-36-18-15-29-28(32)34-20-27-25-12-5-3-10-23(25)24-11-4-6-13-26(24)27;1-2-14(18)13-20-11-6-4-7-15(19)9-12-21-22-16-8-3-5-10-17-16;1-8(2)12(9(3)4)14(10)13-7-5-6-11;3-1-2-4/h7-10,15-18,28-29,31,36H,6,11-14,19,21-27H2,1-5H3,(H,39,42);3-6,10-13,21,27,30H,2,7-9,14-20H2,1H3,(H,29,32);3,5,8,10,14,18H,2,4,6-7,9,11-13H2,1H3;8-9H,5,7H2,1-4H3;4H,1-3H2. The van der Waals surface area contributed by atoms with Crippen LogP contribution in [0.15, 0.2) is 126 Å². The topological polar surface area (TPSA) is 317 Å². The van der Waals surface area contributed by atoms with E-state index in [0.717, 1.165) is 84.5 Å². The average Bonchev–Trinajstić information content (AvgIpc) is 1.62. The number of alkyl carbamates (subject to hydrolysis) is 2. The van der Waals surface area contributed by atoms with E-state index >= 15 is 0 Å². The number of halogens is 1. The zero-order chi connectivity index (χ0) is 91.6. The molecule has 23 nitrogen and oxygen atoms in total. The molecular formula is C92H141ClN8O15P2S7. The van der Waals surface area contributed by atoms with Crippen LogP contribution in [0, 0.1) is 22.7 Å². The number of pyridine rings is 1. The summed E-state index contributed by atoms with van der Waals surface area (Å²) in [7, 11) is 7.52. The Morgan fingerprint density at radius 3 is 1.23 bits per heavy atom. The summed E-state index contributed by atoms with van der Waals surface area (Å²) in [6, 6.07) is 44.4. The van der Waals surface area contributed by atoms with Crippen molar-refractivity contribution >= 4 is 134 Å². The molecule has 1 aromatic heterocycles. The number of nitriles is 2. The monoisotopic (exact) mass is 1920 g/mol. The van der Waals surface area contributed by atoms with Gasteiger partial charge in [-0.3, -0.25) is 14.4 Å². The molecule has 0 saturated heterocycles. The number of ketones is 3. The van der Waals surface area contributed by atoms with Gasteiger partial charge in [0.1, 0.15) is 35.6 Å². The maximum atomic E-state index is 12.4. The number of hydrogen-bond donors (Lipinski definition) is 6. The second kappa shape index (κ2) is 73.3. The van der Waals surface area contributed by atoms with E-state index in [-0.39, 0.29) is 47.7 Å². The van der Waals surface area contributed by atoms with Gasteiger partial charge >= 0.3 is 12.2 Å². The van der Waals surface area contributed by atoms with Crippen molar-refractivity contribution in [2.45, 2.75) is 245 Å². The molecule has 0 aliphatic heterocycles. The summed E-state index contributed by atoms with van der Waals surface area (Å²) in [5.41, 5.74) is 14.6. The smallest absolute Gasteiger partial charge is 0.407 e. The van der Waals surface area contributed by atoms with Crippen molar-refractivity contribution in [3.05, 3.63) is 144 Å². The van der Waals surface area contributed by atoms with E-state index < -0.39 is 34.5 Å². The fourth-order valence-corrected chi connectivity index (χ4v) is 22.5. The van der Waals surface area contributed by atoms with Crippen LogP contribution >= 0.6 is 105 Å². The van der Waals surface area contributed by atoms with E-state index in [1.165, 1.54) is 44.5 Å². The molecule has 2 aliphatic carbocycles. The lowest BCUT2D eigenvalue weighted by molar-refractivity contribution is -0.119. The number of unbranched alkanes of at least 4 members (excludes halogenated alkanes) is 3. The van der Waals surface area contributed by atoms with Crippen LogP contribution < -0.4 is 16.4 Å². The number of fused-ring (bicyclic) bond motifs is 6. The lowest BCUT2D eigenvalue weighted by Crippen LogP contribution is -2.35. The molecule has 1 heterocycles. The van der Waals surface area contributed by atoms with Crippen LogP contribution in [0.4, 0.5) is 9.59 Å². The van der Waals surface area contributed by atoms with Gasteiger partial charge < -0.3 is 63.8 Å². The van der Waals surface area contributed by atoms with E-state index in [1.54, 1.807) is 71.0 Å². The second-order valence-corrected chi connectivity index (χ2v) is 41.9. The first-order chi connectivity index (χ1) is 60.5. The number of nitrogens with zero attached hydrogens (tertiary/aromatic N) is 5. The number of nitrogens with one attached hydrogen (secondary N) is 2. The van der Waals surface area contributed by atoms with Crippen molar-refractivity contribution in [3.63, 3.8) is 0 Å². The first-order valence-electron chi connectivity index (χ1n) is 43.8. The van der Waals surface area contributed by atoms with Crippen molar-refractivity contribution in [3.8, 4) is 34.4 Å². The number of nitrogens with two attached hydrogens (primary N) is 1. The molecule has 698 valence electrons. The van der Waals surface area contributed by atoms with Crippen LogP contribution in [-0.2, 0) is 51.6 Å². The number of benzene rings is 4. The van der Waals surface area contributed by atoms with Crippen LogP contribution in [0.2, 0.25) is 0 Å². The highest BCUT2D eigenvalue weighted by Crippen LogP contribution is 2.51. The molecule has 0 radical (unpaired) electrons. The Morgan fingerprint density at radius 1 is 0.504 bits per heavy atom. The number of aliphatic hydroxyl groups is 2. The molecule has 5 aromatic rings. The first kappa shape index (κ1) is 115. The van der Waals surface area contributed by atoms with Gasteiger partial charge in [-0.1, -0.05) is 178 Å². The molecule has 0 fully saturated rings. The molecule has 0 spiro atoms. The highest BCUT2D eigenvalue weighted by molar-refractivity contribution is 8.77. The molecule has 4 aromatic carbocycles. The minimum atomic E-state index is -1.30. The van der Waals surface area contributed by atoms with Crippen molar-refractivity contribution in [2.75, 3.05) is 120 Å². The van der Waals surface area contributed by atoms with E-state index in [2.05, 4.69) is 155 Å². The molecule has 2 amide bonds. The largest absolute Gasteiger partial charge is 0.449 e. The minimum absolute atomic E-state index is 0.0491. The van der Waals surface area contributed by atoms with Gasteiger partial charge in [0.25, 0.3) is 8.53 Å². The number of thiol groups is 1. The van der Waals surface area contributed by atoms with Crippen LogP contribution in [0.25, 0.3) is 22.3 Å². The number of amides is 2. The number of hydrogen-bond acceptors (Lipinski definition) is 28. The van der Waals surface area contributed by atoms with Gasteiger partial charge in [-0.05, 0) is 192 Å². The molecule has 0 bridgehead atoms. The number of carbonyl (C=O) groups is 5. The number of ether oxygens (including phenoxy) is 5. The average molecular weight is 1920 g/mol. The van der Waals surface area contributed by atoms with Crippen LogP contribution in [-0.4, -0.2) is 217 Å². The van der Waals surface area contributed by atoms with Gasteiger partial charge in [-0.25, -0.2) is 23.9 Å². The van der Waals surface area contributed by atoms with Crippen LogP contribution in [0.3, 0.4) is 0 Å². The maximum Gasteiger partial charge on any atom is 0.407 e. The number of rotatable bonds is 62. The number of carbonyl (C=O) groups excluding carboxylic acids is 5. The summed E-state index contributed by atoms with van der Waals surface area (Å²) >= 11 is 9.93. The summed E-state index contributed by atoms with van der Waals surface area (Å²) in [4.78, 5) is 64.8. The predicted octanol–water partition coefficient (Wildman–Crippen LogP) is 22.1. The van der Waals surface area contributed by atoms with E-state index in [9.17, 15) is 34.2 Å². The molecule has 6 N–H and O–H groups in total. The Bertz CT molecular complexity index is 3690. The molecule has 5 unspecified atom stereocenters. The van der Waals surface area contributed by atoms with Gasteiger partial charge in [0, 0.05) is 155 Å². The summed E-state index contributed by atoms with van der Waals surface area (Å²) in [5.74, 6) is 5.59. The Morgan fingerprint density at radius 2 is 0.872 bits per heavy atom. The third-order valence-electron chi connectivity index (χ3n) is 18.9. The van der Waals surface area contributed by atoms with Gasteiger partial charge in [0.05, 0.1) is 76.3 Å². The van der Waals surface area contributed by atoms with Gasteiger partial charge in [0.15, 0.2) is 0 Å². The number of aliphatic hydroxyl groups excluding tert-OH is 2. The molecule has 33 heteroatoms. The lowest BCUT2D eigenvalue weighted by atomic mass is 9.98. The van der Waals surface area contributed by atoms with E-state index in [1.807, 2.05) is 86.6 Å². The quantitative estimate of drug-likeness (QED) is 0.00911. The zero-order valence-corrected chi connectivity index (χ0v) is 83.7. The number of Topliss-reactive ketones (excluding diaryl/α,β-unsaturated/α-hetero) is 3. The highest BCUT2D eigenvalue weighted by Gasteiger charge is 2.33. The Hall–Kier alpha value is -4.28. The van der Waals surface area contributed by atoms with Gasteiger partial charge in [-0.2, -0.15) is 23.2 Å². The summed E-state index contributed by atoms with van der Waals surface area (Å²) in [5, 5.41) is 42.7. The molecule has 7 rings (SSSR count). The van der Waals surface area contributed by atoms with Crippen LogP contribution in [0.5, 0.6) is 0 Å². The second-order valence-electron chi connectivity index (χ2n) is 30.2. The Kier molecular flexibility index (Phi) is 67.4. The van der Waals surface area contributed by atoms with Crippen LogP contribution in [0.1, 0.15) is 219 Å². The van der Waals surface area contributed by atoms with E-state index in [0.29, 0.717) is 168 Å². The molecule has 0 saturated carbocycles. The number of aromatic nitrogens is 1. The highest BCUT2D eigenvalue weighted by atomic mass is 35.7. The summed E-state index contributed by atoms with van der Waals surface area (Å²) < 4.78 is 49.9. The lowest BCUT2D eigenvalue weighted by Gasteiger charge is -2.37. The molecule has 5 atom stereocenters. The first-order valence-corrected chi connectivity index (χ1v) is 55.0. The predicted molar refractivity (Wildman–Crippen MR) is 528 cm³/mol. The van der Waals surface area contributed by atoms with E-state index in [4.69, 9.17) is 64.8 Å². The Balaban J connectivity index is 0.000000461. The molecular weight excluding hydrogens is 1780 g/mol. The SMILES string of the molecule is CC(C)N(C(C)C)P(Cl)OCCC#N.CCC(COCCCCC(=O)CCSSCCNC(=O)OCC1c2ccccc2-c2ccccc21)OP(OCCC#N)N(C(C)C)C(C)C.CCC(O)COCCCCC(=O)CCSSCCNC(=O)OCC1c2ccccc2-c2ccccc21.CCC(O)COCCCCC(=O)CCSSc1ccccn1.NCCS. The maximum absolute atomic E-state index is 12.4. The molecule has 2 aliphatic rings. The van der Waals surface area contributed by atoms with Crippen molar-refractivity contribution in [1.82, 2.24) is 25.0 Å². The zero-order valence-electron chi connectivity index (χ0n) is 75.4. The van der Waals surface area contributed by atoms with Crippen molar-refractivity contribution in [2.24, 2.45) is 5.73 Å². The van der Waals surface area contributed by atoms with Crippen molar-refractivity contribution < 1.29 is 71.4 Å². The van der Waals surface area contributed by atoms with Gasteiger partial charge in [-0.15, -0.1) is 0 Å². The fourth-order valence-electron chi connectivity index (χ4n) is 12.6. The molecule has 125 heavy (non-hydrogen) atoms. The summed E-state index contributed by atoms with van der Waals surface area (Å²) in [6.45, 7) is 28.9. The fraction of sp³-hybridized carbons (Fsp3) is 0.609. The third kappa shape index (κ3) is 50.8. The Labute approximate surface area is 783 Å². The summed E-state index contributed by atoms with van der Waals surface area (Å²) in [6.07, 6.45) is 11.5. The minimum Gasteiger partial charge on any atom is -0.449 e. The van der Waals surface area contributed by atoms with Crippen molar-refractivity contribution in [1.29, 1.82) is 10.5 Å². The third-order valence-corrected chi connectivity index (χ3v) is 30.9.